The average Bonchev–Trinajstić information content (AvgIpc) is 2.25. The molecule has 17 heavy (non-hydrogen) atoms. The molecule has 0 bridgehead atoms. The van der Waals surface area contributed by atoms with Crippen LogP contribution in [0.2, 0.25) is 0 Å². The molecule has 0 aliphatic heterocycles. The molecule has 0 saturated heterocycles. The monoisotopic (exact) mass is 235 g/mol. The normalized spacial score (nSPS) is 13.8. The Morgan fingerprint density at radius 3 is 2.35 bits per heavy atom. The second kappa shape index (κ2) is 5.65. The van der Waals surface area contributed by atoms with Gasteiger partial charge in [0.25, 0.3) is 0 Å². The van der Waals surface area contributed by atoms with Crippen LogP contribution in [0.3, 0.4) is 0 Å². The molecule has 0 amide bonds. The van der Waals surface area contributed by atoms with Crippen molar-refractivity contribution in [3.05, 3.63) is 34.9 Å². The number of benzene rings is 1. The van der Waals surface area contributed by atoms with E-state index in [1.54, 1.807) is 0 Å². The molecule has 2 heteroatoms. The fraction of sp³-hybridized carbons (Fsp3) is 0.600. The Morgan fingerprint density at radius 1 is 1.29 bits per heavy atom. The standard InChI is InChI=1S/C15H25NO/c1-11-8-13(15(2,3)4)6-7-14(11)12(10-17)9-16-5/h6-8,12,16-17H,9-10H2,1-5H3. The van der Waals surface area contributed by atoms with Crippen LogP contribution in [-0.4, -0.2) is 25.3 Å². The second-order valence-electron chi connectivity index (χ2n) is 5.76. The van der Waals surface area contributed by atoms with Gasteiger partial charge in [-0.2, -0.15) is 0 Å². The highest BCUT2D eigenvalue weighted by Gasteiger charge is 2.17. The van der Waals surface area contributed by atoms with Crippen LogP contribution >= 0.6 is 0 Å². The lowest BCUT2D eigenvalue weighted by Crippen LogP contribution is -2.21. The van der Waals surface area contributed by atoms with E-state index in [4.69, 9.17) is 0 Å². The zero-order chi connectivity index (χ0) is 13.1. The summed E-state index contributed by atoms with van der Waals surface area (Å²) in [5, 5.41) is 12.6. The van der Waals surface area contributed by atoms with Gasteiger partial charge in [-0.25, -0.2) is 0 Å². The molecule has 2 N–H and O–H groups in total. The van der Waals surface area contributed by atoms with Crippen LogP contribution in [0.4, 0.5) is 0 Å². The first-order chi connectivity index (χ1) is 7.90. The first kappa shape index (κ1) is 14.2. The van der Waals surface area contributed by atoms with Gasteiger partial charge in [0.2, 0.25) is 0 Å². The van der Waals surface area contributed by atoms with Gasteiger partial charge in [-0.3, -0.25) is 0 Å². The number of hydrogen-bond acceptors (Lipinski definition) is 2. The lowest BCUT2D eigenvalue weighted by molar-refractivity contribution is 0.263. The maximum atomic E-state index is 9.42. The second-order valence-corrected chi connectivity index (χ2v) is 5.76. The highest BCUT2D eigenvalue weighted by molar-refractivity contribution is 5.36. The molecule has 1 aromatic rings. The van der Waals surface area contributed by atoms with Crippen LogP contribution in [0.25, 0.3) is 0 Å². The predicted molar refractivity (Wildman–Crippen MR) is 73.6 cm³/mol. The van der Waals surface area contributed by atoms with Gasteiger partial charge in [-0.1, -0.05) is 39.0 Å². The number of likely N-dealkylation sites (N-methyl/N-ethyl adjacent to an activating group) is 1. The van der Waals surface area contributed by atoms with E-state index in [2.05, 4.69) is 51.2 Å². The smallest absolute Gasteiger partial charge is 0.0512 e. The largest absolute Gasteiger partial charge is 0.396 e. The molecule has 0 aliphatic carbocycles. The maximum absolute atomic E-state index is 9.42. The van der Waals surface area contributed by atoms with Crippen molar-refractivity contribution in [2.24, 2.45) is 0 Å². The van der Waals surface area contributed by atoms with Crippen molar-refractivity contribution in [3.63, 3.8) is 0 Å². The molecule has 0 aliphatic rings. The van der Waals surface area contributed by atoms with E-state index in [1.165, 1.54) is 16.7 Å². The van der Waals surface area contributed by atoms with Crippen molar-refractivity contribution in [2.75, 3.05) is 20.2 Å². The van der Waals surface area contributed by atoms with Gasteiger partial charge >= 0.3 is 0 Å². The van der Waals surface area contributed by atoms with Gasteiger partial charge in [-0.15, -0.1) is 0 Å². The number of aliphatic hydroxyl groups is 1. The third-order valence-electron chi connectivity index (χ3n) is 3.25. The summed E-state index contributed by atoms with van der Waals surface area (Å²) in [5.41, 5.74) is 4.04. The van der Waals surface area contributed by atoms with Crippen molar-refractivity contribution in [3.8, 4) is 0 Å². The number of hydrogen-bond donors (Lipinski definition) is 2. The Kier molecular flexibility index (Phi) is 4.72. The zero-order valence-electron chi connectivity index (χ0n) is 11.7. The van der Waals surface area contributed by atoms with E-state index in [-0.39, 0.29) is 17.9 Å². The Labute approximate surface area is 105 Å². The molecule has 0 saturated carbocycles. The van der Waals surface area contributed by atoms with Crippen molar-refractivity contribution in [1.29, 1.82) is 0 Å². The van der Waals surface area contributed by atoms with Gasteiger partial charge in [0.1, 0.15) is 0 Å². The molecule has 0 spiro atoms. The third-order valence-corrected chi connectivity index (χ3v) is 3.25. The summed E-state index contributed by atoms with van der Waals surface area (Å²) in [6.07, 6.45) is 0. The fourth-order valence-electron chi connectivity index (χ4n) is 2.12. The van der Waals surface area contributed by atoms with Crippen molar-refractivity contribution < 1.29 is 5.11 Å². The Balaban J connectivity index is 3.04. The molecule has 1 aromatic carbocycles. The minimum absolute atomic E-state index is 0.182. The molecule has 0 fully saturated rings. The van der Waals surface area contributed by atoms with Gasteiger partial charge in [0, 0.05) is 12.5 Å². The highest BCUT2D eigenvalue weighted by Crippen LogP contribution is 2.27. The van der Waals surface area contributed by atoms with E-state index in [9.17, 15) is 5.11 Å². The zero-order valence-corrected chi connectivity index (χ0v) is 11.7. The minimum Gasteiger partial charge on any atom is -0.396 e. The number of rotatable bonds is 4. The third kappa shape index (κ3) is 3.55. The summed E-state index contributed by atoms with van der Waals surface area (Å²) in [6.45, 7) is 9.79. The Hall–Kier alpha value is -0.860. The molecule has 1 atom stereocenters. The molecular formula is C15H25NO. The summed E-state index contributed by atoms with van der Waals surface area (Å²) in [4.78, 5) is 0. The molecule has 96 valence electrons. The molecule has 0 heterocycles. The predicted octanol–water partition coefficient (Wildman–Crippen LogP) is 2.59. The van der Waals surface area contributed by atoms with E-state index in [1.807, 2.05) is 7.05 Å². The van der Waals surface area contributed by atoms with Gasteiger partial charge in [-0.05, 0) is 36.1 Å². The minimum atomic E-state index is 0.182. The van der Waals surface area contributed by atoms with Crippen LogP contribution in [0, 0.1) is 6.92 Å². The summed E-state index contributed by atoms with van der Waals surface area (Å²) in [7, 11) is 1.92. The summed E-state index contributed by atoms with van der Waals surface area (Å²) in [6, 6.07) is 6.59. The number of nitrogens with one attached hydrogen (secondary N) is 1. The summed E-state index contributed by atoms with van der Waals surface area (Å²) < 4.78 is 0. The summed E-state index contributed by atoms with van der Waals surface area (Å²) in [5.74, 6) is 0.189. The van der Waals surface area contributed by atoms with Crippen molar-refractivity contribution in [2.45, 2.75) is 39.0 Å². The van der Waals surface area contributed by atoms with E-state index >= 15 is 0 Å². The lowest BCUT2D eigenvalue weighted by Gasteiger charge is -2.23. The Bertz CT molecular complexity index is 366. The van der Waals surface area contributed by atoms with Gasteiger partial charge in [0.05, 0.1) is 6.61 Å². The average molecular weight is 235 g/mol. The van der Waals surface area contributed by atoms with E-state index in [0.29, 0.717) is 0 Å². The molecule has 1 rings (SSSR count). The van der Waals surface area contributed by atoms with Crippen LogP contribution in [0.15, 0.2) is 18.2 Å². The van der Waals surface area contributed by atoms with Crippen LogP contribution in [0.5, 0.6) is 0 Å². The van der Waals surface area contributed by atoms with Crippen molar-refractivity contribution >= 4 is 0 Å². The molecule has 1 unspecified atom stereocenters. The molecule has 0 radical (unpaired) electrons. The molecular weight excluding hydrogens is 210 g/mol. The first-order valence-corrected chi connectivity index (χ1v) is 6.26. The van der Waals surface area contributed by atoms with Crippen molar-refractivity contribution in [1.82, 2.24) is 5.32 Å². The molecule has 2 nitrogen and oxygen atoms in total. The number of aliphatic hydroxyl groups excluding tert-OH is 1. The topological polar surface area (TPSA) is 32.3 Å². The van der Waals surface area contributed by atoms with E-state index < -0.39 is 0 Å². The van der Waals surface area contributed by atoms with Gasteiger partial charge < -0.3 is 10.4 Å². The Morgan fingerprint density at radius 2 is 1.94 bits per heavy atom. The maximum Gasteiger partial charge on any atom is 0.0512 e. The van der Waals surface area contributed by atoms with Crippen LogP contribution < -0.4 is 5.32 Å². The van der Waals surface area contributed by atoms with Crippen LogP contribution in [-0.2, 0) is 5.41 Å². The number of aryl methyl sites for hydroxylation is 1. The quantitative estimate of drug-likeness (QED) is 0.840. The highest BCUT2D eigenvalue weighted by atomic mass is 16.3. The summed E-state index contributed by atoms with van der Waals surface area (Å²) >= 11 is 0. The first-order valence-electron chi connectivity index (χ1n) is 6.26. The van der Waals surface area contributed by atoms with E-state index in [0.717, 1.165) is 6.54 Å². The lowest BCUT2D eigenvalue weighted by atomic mass is 9.83. The van der Waals surface area contributed by atoms with Crippen LogP contribution in [0.1, 0.15) is 43.4 Å². The van der Waals surface area contributed by atoms with Gasteiger partial charge in [0.15, 0.2) is 0 Å². The fourth-order valence-corrected chi connectivity index (χ4v) is 2.12. The SMILES string of the molecule is CNCC(CO)c1ccc(C(C)(C)C)cc1C. The molecule has 0 aromatic heterocycles.